The van der Waals surface area contributed by atoms with Crippen molar-refractivity contribution in [2.45, 2.75) is 75.7 Å². The second-order valence-electron chi connectivity index (χ2n) is 10.9. The van der Waals surface area contributed by atoms with E-state index in [2.05, 4.69) is 31.4 Å². The number of carbonyl (C=O) groups is 2. The maximum Gasteiger partial charge on any atom is 0.258 e. The van der Waals surface area contributed by atoms with Crippen LogP contribution in [0.1, 0.15) is 46.5 Å². The monoisotopic (exact) mass is 640 g/mol. The van der Waals surface area contributed by atoms with Crippen molar-refractivity contribution in [1.82, 2.24) is 10.6 Å². The van der Waals surface area contributed by atoms with Crippen molar-refractivity contribution in [2.75, 3.05) is 13.2 Å². The summed E-state index contributed by atoms with van der Waals surface area (Å²) >= 11 is 11.5. The molecule has 42 heavy (non-hydrogen) atoms. The Bertz CT molecular complexity index is 1340. The van der Waals surface area contributed by atoms with Crippen LogP contribution in [0.2, 0.25) is 28.2 Å². The van der Waals surface area contributed by atoms with Gasteiger partial charge in [0.15, 0.2) is 13.2 Å². The van der Waals surface area contributed by atoms with Crippen LogP contribution in [0.15, 0.2) is 48.2 Å². The Hall–Kier alpha value is -2.82. The molecule has 5 rings (SSSR count). The van der Waals surface area contributed by atoms with Crippen LogP contribution in [-0.4, -0.2) is 44.4 Å². The smallest absolute Gasteiger partial charge is 0.258 e. The van der Waals surface area contributed by atoms with Gasteiger partial charge < -0.3 is 24.5 Å². The van der Waals surface area contributed by atoms with Crippen molar-refractivity contribution in [2.24, 2.45) is 0 Å². The number of benzene rings is 2. The zero-order chi connectivity index (χ0) is 30.5. The third kappa shape index (κ3) is 7.21. The summed E-state index contributed by atoms with van der Waals surface area (Å²) in [6.07, 6.45) is 4.20. The zero-order valence-corrected chi connectivity index (χ0v) is 26.5. The van der Waals surface area contributed by atoms with Gasteiger partial charge >= 0.3 is 0 Å². The normalized spacial score (nSPS) is 21.4. The van der Waals surface area contributed by atoms with Crippen LogP contribution in [0.25, 0.3) is 0 Å². The Balaban J connectivity index is 1.50. The number of nitrogens with one attached hydrogen (secondary N) is 2. The highest BCUT2D eigenvalue weighted by Gasteiger charge is 2.53. The van der Waals surface area contributed by atoms with Crippen LogP contribution in [0.4, 0.5) is 8.78 Å². The van der Waals surface area contributed by atoms with Gasteiger partial charge in [0.05, 0.1) is 21.1 Å². The maximum atomic E-state index is 13.8. The van der Waals surface area contributed by atoms with Crippen molar-refractivity contribution in [3.8, 4) is 11.5 Å². The fourth-order valence-electron chi connectivity index (χ4n) is 5.63. The lowest BCUT2D eigenvalue weighted by molar-refractivity contribution is -0.128. The van der Waals surface area contributed by atoms with Crippen molar-refractivity contribution in [3.05, 3.63) is 69.9 Å². The second kappa shape index (κ2) is 13.2. The average molecular weight is 642 g/mol. The molecule has 0 unspecified atom stereocenters. The van der Waals surface area contributed by atoms with Gasteiger partial charge in [0.1, 0.15) is 28.9 Å². The van der Waals surface area contributed by atoms with Crippen molar-refractivity contribution < 1.29 is 32.3 Å². The maximum absolute atomic E-state index is 13.8. The Morgan fingerprint density at radius 2 is 1.29 bits per heavy atom. The van der Waals surface area contributed by atoms with Crippen LogP contribution in [0.5, 0.6) is 11.5 Å². The Labute approximate surface area is 256 Å². The van der Waals surface area contributed by atoms with Gasteiger partial charge in [0, 0.05) is 12.1 Å². The average Bonchev–Trinajstić information content (AvgIpc) is 2.98. The van der Waals surface area contributed by atoms with Crippen LogP contribution in [0, 0.1) is 11.6 Å². The number of fused-ring (bicyclic) bond motifs is 2. The minimum atomic E-state index is -2.15. The lowest BCUT2D eigenvalue weighted by atomic mass is 9.65. The van der Waals surface area contributed by atoms with Crippen LogP contribution >= 0.6 is 23.2 Å². The van der Waals surface area contributed by atoms with Gasteiger partial charge in [-0.05, 0) is 74.2 Å². The van der Waals surface area contributed by atoms with Gasteiger partial charge in [-0.25, -0.2) is 8.78 Å². The van der Waals surface area contributed by atoms with E-state index in [9.17, 15) is 18.4 Å². The first-order valence-electron chi connectivity index (χ1n) is 14.2. The highest BCUT2D eigenvalue weighted by Crippen LogP contribution is 2.48. The van der Waals surface area contributed by atoms with Crippen LogP contribution < -0.4 is 20.1 Å². The summed E-state index contributed by atoms with van der Waals surface area (Å²) in [5.74, 6) is -0.905. The van der Waals surface area contributed by atoms with E-state index in [-0.39, 0.29) is 46.6 Å². The lowest BCUT2D eigenvalue weighted by Gasteiger charge is -2.53. The van der Waals surface area contributed by atoms with Crippen LogP contribution in [-0.2, 0) is 14.0 Å². The lowest BCUT2D eigenvalue weighted by Crippen LogP contribution is -2.64. The molecule has 2 bridgehead atoms. The first-order valence-corrected chi connectivity index (χ1v) is 17.5. The Morgan fingerprint density at radius 1 is 0.810 bits per heavy atom. The summed E-state index contributed by atoms with van der Waals surface area (Å²) in [4.78, 5) is 26.1. The van der Waals surface area contributed by atoms with Crippen LogP contribution in [0.3, 0.4) is 0 Å². The van der Waals surface area contributed by atoms with E-state index in [4.69, 9.17) is 37.1 Å². The predicted molar refractivity (Wildman–Crippen MR) is 160 cm³/mol. The molecular weight excluding hydrogens is 605 g/mol. The molecule has 3 aliphatic rings. The quantitative estimate of drug-likeness (QED) is 0.232. The summed E-state index contributed by atoms with van der Waals surface area (Å²) in [6.45, 7) is 5.77. The van der Waals surface area contributed by atoms with E-state index in [0.717, 1.165) is 30.3 Å². The minimum Gasteiger partial charge on any atom is -0.545 e. The number of ether oxygens (including phenoxy) is 2. The molecule has 0 aliphatic heterocycles. The fourth-order valence-corrected chi connectivity index (χ4v) is 8.51. The molecule has 0 aromatic heterocycles. The first-order chi connectivity index (χ1) is 20.0. The van der Waals surface area contributed by atoms with E-state index in [0.29, 0.717) is 31.4 Å². The number of hydrogen-bond donors (Lipinski definition) is 2. The standard InChI is InChI=1S/C30H36Cl2F2N2O5Si/c1-4-42(5-2,6-3)41-26-17-29(35-27(37)18-39-20-7-9-22(31)24(33)15-20)11-13-30(26,14-12-29)36-28(38)19-40-21-8-10-23(32)25(34)16-21/h7-10,15-17H,4-6,11-14,18-19H2,1-3H3,(H,35,37)(H,36,38). The summed E-state index contributed by atoms with van der Waals surface area (Å²) in [5.41, 5.74) is -1.41. The molecule has 0 radical (unpaired) electrons. The van der Waals surface area contributed by atoms with Crippen molar-refractivity contribution >= 4 is 43.3 Å². The number of hydrogen-bond acceptors (Lipinski definition) is 5. The topological polar surface area (TPSA) is 85.9 Å². The molecule has 1 fully saturated rings. The molecule has 1 saturated carbocycles. The molecule has 0 spiro atoms. The van der Waals surface area contributed by atoms with Crippen molar-refractivity contribution in [1.29, 1.82) is 0 Å². The van der Waals surface area contributed by atoms with E-state index in [1.54, 1.807) is 0 Å². The molecule has 228 valence electrons. The Morgan fingerprint density at radius 3 is 1.74 bits per heavy atom. The predicted octanol–water partition coefficient (Wildman–Crippen LogP) is 6.93. The molecule has 12 heteroatoms. The van der Waals surface area contributed by atoms with E-state index in [1.807, 2.05) is 6.08 Å². The van der Waals surface area contributed by atoms with E-state index >= 15 is 0 Å². The summed E-state index contributed by atoms with van der Waals surface area (Å²) in [5, 5.41) is 6.20. The first kappa shape index (κ1) is 32.1. The van der Waals surface area contributed by atoms with Gasteiger partial charge in [-0.2, -0.15) is 0 Å². The van der Waals surface area contributed by atoms with Gasteiger partial charge in [0.25, 0.3) is 11.8 Å². The molecule has 2 aromatic carbocycles. The molecule has 3 aliphatic carbocycles. The SMILES string of the molecule is CC[Si](CC)(CC)OC1=CC2(NC(=O)COc3ccc(Cl)c(F)c3)CCC1(NC(=O)COc1ccc(Cl)c(F)c1)CC2. The highest BCUT2D eigenvalue weighted by molar-refractivity contribution is 6.73. The number of rotatable bonds is 13. The Kier molecular flexibility index (Phi) is 10.1. The minimum absolute atomic E-state index is 0.0281. The summed E-state index contributed by atoms with van der Waals surface area (Å²) in [6, 6.07) is 10.7. The highest BCUT2D eigenvalue weighted by atomic mass is 35.5. The summed E-state index contributed by atoms with van der Waals surface area (Å²) < 4.78 is 45.5. The van der Waals surface area contributed by atoms with Gasteiger partial charge in [-0.15, -0.1) is 0 Å². The third-order valence-electron chi connectivity index (χ3n) is 8.42. The summed E-state index contributed by atoms with van der Waals surface area (Å²) in [7, 11) is -2.15. The largest absolute Gasteiger partial charge is 0.545 e. The number of halogens is 4. The molecule has 2 aromatic rings. The molecule has 0 saturated heterocycles. The van der Waals surface area contributed by atoms with Crippen molar-refractivity contribution in [3.63, 3.8) is 0 Å². The number of amides is 2. The fraction of sp³-hybridized carbons (Fsp3) is 0.467. The number of carbonyl (C=O) groups excluding carboxylic acids is 2. The van der Waals surface area contributed by atoms with Gasteiger partial charge in [-0.3, -0.25) is 9.59 Å². The third-order valence-corrected chi connectivity index (χ3v) is 13.6. The van der Waals surface area contributed by atoms with Gasteiger partial charge in [0.2, 0.25) is 8.32 Å². The molecular formula is C30H36Cl2F2N2O5Si. The molecule has 0 atom stereocenters. The zero-order valence-electron chi connectivity index (χ0n) is 24.0. The molecule has 2 N–H and O–H groups in total. The molecule has 7 nitrogen and oxygen atoms in total. The molecule has 0 heterocycles. The van der Waals surface area contributed by atoms with E-state index < -0.39 is 31.0 Å². The second-order valence-corrected chi connectivity index (χ2v) is 16.4. The van der Waals surface area contributed by atoms with E-state index in [1.165, 1.54) is 24.3 Å². The molecule has 2 amide bonds. The van der Waals surface area contributed by atoms with Gasteiger partial charge in [-0.1, -0.05) is 44.0 Å².